The molecule has 0 aliphatic rings. The SMILES string of the molecule is Cc1cnn(C(C)C(=O)Nc2nn(Cc3ccc(F)cc3)cc2Cl)c1. The second kappa shape index (κ2) is 7.06. The maximum Gasteiger partial charge on any atom is 0.250 e. The normalized spacial score (nSPS) is 12.2. The summed E-state index contributed by atoms with van der Waals surface area (Å²) in [5.74, 6) is -0.278. The van der Waals surface area contributed by atoms with Crippen molar-refractivity contribution in [2.75, 3.05) is 5.32 Å². The second-order valence-corrected chi connectivity index (χ2v) is 6.22. The number of anilines is 1. The Morgan fingerprint density at radius 3 is 2.68 bits per heavy atom. The third-order valence-electron chi connectivity index (χ3n) is 3.72. The van der Waals surface area contributed by atoms with E-state index < -0.39 is 6.04 Å². The quantitative estimate of drug-likeness (QED) is 0.757. The van der Waals surface area contributed by atoms with E-state index in [2.05, 4.69) is 15.5 Å². The summed E-state index contributed by atoms with van der Waals surface area (Å²) in [4.78, 5) is 12.4. The number of carbonyl (C=O) groups excluding carboxylic acids is 1. The molecule has 8 heteroatoms. The maximum absolute atomic E-state index is 13.0. The number of carbonyl (C=O) groups is 1. The summed E-state index contributed by atoms with van der Waals surface area (Å²) in [7, 11) is 0. The van der Waals surface area contributed by atoms with Crippen molar-refractivity contribution >= 4 is 23.3 Å². The van der Waals surface area contributed by atoms with Gasteiger partial charge in [-0.3, -0.25) is 14.2 Å². The van der Waals surface area contributed by atoms with Crippen molar-refractivity contribution in [3.63, 3.8) is 0 Å². The molecule has 2 heterocycles. The van der Waals surface area contributed by atoms with Crippen LogP contribution in [0, 0.1) is 12.7 Å². The molecular formula is C17H17ClFN5O. The summed E-state index contributed by atoms with van der Waals surface area (Å²) in [6, 6.07) is 5.62. The fraction of sp³-hybridized carbons (Fsp3) is 0.235. The molecular weight excluding hydrogens is 345 g/mol. The molecule has 1 amide bonds. The van der Waals surface area contributed by atoms with Crippen LogP contribution in [0.4, 0.5) is 10.2 Å². The van der Waals surface area contributed by atoms with Crippen LogP contribution in [-0.2, 0) is 11.3 Å². The van der Waals surface area contributed by atoms with E-state index in [9.17, 15) is 9.18 Å². The van der Waals surface area contributed by atoms with Gasteiger partial charge < -0.3 is 5.32 Å². The van der Waals surface area contributed by atoms with Gasteiger partial charge in [-0.15, -0.1) is 0 Å². The van der Waals surface area contributed by atoms with Crippen molar-refractivity contribution in [3.05, 3.63) is 64.8 Å². The summed E-state index contributed by atoms with van der Waals surface area (Å²) in [6.45, 7) is 4.07. The van der Waals surface area contributed by atoms with E-state index in [1.807, 2.05) is 6.92 Å². The van der Waals surface area contributed by atoms with E-state index in [4.69, 9.17) is 11.6 Å². The zero-order valence-electron chi connectivity index (χ0n) is 13.8. The molecule has 0 fully saturated rings. The first kappa shape index (κ1) is 17.2. The smallest absolute Gasteiger partial charge is 0.250 e. The van der Waals surface area contributed by atoms with Crippen LogP contribution in [0.1, 0.15) is 24.1 Å². The number of amides is 1. The molecule has 2 aromatic heterocycles. The molecule has 0 spiro atoms. The van der Waals surface area contributed by atoms with Crippen molar-refractivity contribution < 1.29 is 9.18 Å². The molecule has 0 aliphatic carbocycles. The number of benzene rings is 1. The van der Waals surface area contributed by atoms with Gasteiger partial charge in [0.25, 0.3) is 0 Å². The van der Waals surface area contributed by atoms with Crippen LogP contribution in [0.5, 0.6) is 0 Å². The van der Waals surface area contributed by atoms with Gasteiger partial charge >= 0.3 is 0 Å². The van der Waals surface area contributed by atoms with Crippen molar-refractivity contribution in [2.24, 2.45) is 0 Å². The summed E-state index contributed by atoms with van der Waals surface area (Å²) in [5, 5.41) is 11.5. The van der Waals surface area contributed by atoms with Crippen LogP contribution in [0.25, 0.3) is 0 Å². The Balaban J connectivity index is 1.69. The van der Waals surface area contributed by atoms with E-state index >= 15 is 0 Å². The van der Waals surface area contributed by atoms with Crippen LogP contribution in [0.2, 0.25) is 5.02 Å². The van der Waals surface area contributed by atoms with Gasteiger partial charge in [0.2, 0.25) is 5.91 Å². The minimum Gasteiger partial charge on any atom is -0.306 e. The molecule has 0 saturated heterocycles. The van der Waals surface area contributed by atoms with E-state index in [-0.39, 0.29) is 17.5 Å². The highest BCUT2D eigenvalue weighted by atomic mass is 35.5. The first-order valence-electron chi connectivity index (χ1n) is 7.71. The van der Waals surface area contributed by atoms with E-state index in [0.29, 0.717) is 11.6 Å². The van der Waals surface area contributed by atoms with Gasteiger partial charge in [-0.1, -0.05) is 23.7 Å². The van der Waals surface area contributed by atoms with Gasteiger partial charge in [0.15, 0.2) is 5.82 Å². The molecule has 130 valence electrons. The molecule has 0 aliphatic heterocycles. The van der Waals surface area contributed by atoms with E-state index in [1.165, 1.54) is 12.1 Å². The summed E-state index contributed by atoms with van der Waals surface area (Å²) < 4.78 is 16.1. The molecule has 1 aromatic carbocycles. The van der Waals surface area contributed by atoms with Crippen molar-refractivity contribution in [2.45, 2.75) is 26.4 Å². The molecule has 3 aromatic rings. The Kier molecular flexibility index (Phi) is 4.85. The van der Waals surface area contributed by atoms with Gasteiger partial charge in [-0.05, 0) is 37.1 Å². The zero-order chi connectivity index (χ0) is 18.0. The number of halogens is 2. The van der Waals surface area contributed by atoms with E-state index in [1.54, 1.807) is 47.0 Å². The summed E-state index contributed by atoms with van der Waals surface area (Å²) >= 11 is 6.15. The number of nitrogens with one attached hydrogen (secondary N) is 1. The molecule has 6 nitrogen and oxygen atoms in total. The van der Waals surface area contributed by atoms with Crippen molar-refractivity contribution in [1.29, 1.82) is 0 Å². The third-order valence-corrected chi connectivity index (χ3v) is 4.00. The topological polar surface area (TPSA) is 64.7 Å². The highest BCUT2D eigenvalue weighted by molar-refractivity contribution is 6.33. The number of aryl methyl sites for hydroxylation is 1. The Morgan fingerprint density at radius 1 is 1.32 bits per heavy atom. The van der Waals surface area contributed by atoms with E-state index in [0.717, 1.165) is 11.1 Å². The van der Waals surface area contributed by atoms with Gasteiger partial charge in [-0.2, -0.15) is 10.2 Å². The van der Waals surface area contributed by atoms with Crippen LogP contribution < -0.4 is 5.32 Å². The third kappa shape index (κ3) is 4.06. The van der Waals surface area contributed by atoms with Crippen LogP contribution in [-0.4, -0.2) is 25.5 Å². The Labute approximate surface area is 149 Å². The predicted octanol–water partition coefficient (Wildman–Crippen LogP) is 3.43. The lowest BCUT2D eigenvalue weighted by Crippen LogP contribution is -2.24. The molecule has 0 bridgehead atoms. The fourth-order valence-corrected chi connectivity index (χ4v) is 2.52. The molecule has 0 radical (unpaired) electrons. The lowest BCUT2D eigenvalue weighted by atomic mass is 10.2. The number of nitrogens with zero attached hydrogens (tertiary/aromatic N) is 4. The number of hydrogen-bond acceptors (Lipinski definition) is 3. The molecule has 0 saturated carbocycles. The fourth-order valence-electron chi connectivity index (χ4n) is 2.33. The molecule has 1 unspecified atom stereocenters. The van der Waals surface area contributed by atoms with Crippen LogP contribution in [0.3, 0.4) is 0 Å². The number of rotatable bonds is 5. The average molecular weight is 362 g/mol. The Bertz CT molecular complexity index is 887. The van der Waals surface area contributed by atoms with Gasteiger partial charge in [0.05, 0.1) is 12.7 Å². The zero-order valence-corrected chi connectivity index (χ0v) is 14.5. The van der Waals surface area contributed by atoms with Crippen LogP contribution >= 0.6 is 11.6 Å². The predicted molar refractivity (Wildman–Crippen MR) is 93.0 cm³/mol. The molecule has 25 heavy (non-hydrogen) atoms. The molecule has 3 rings (SSSR count). The van der Waals surface area contributed by atoms with Gasteiger partial charge in [-0.25, -0.2) is 4.39 Å². The van der Waals surface area contributed by atoms with Gasteiger partial charge in [0, 0.05) is 12.4 Å². The molecule has 1 atom stereocenters. The number of hydrogen-bond donors (Lipinski definition) is 1. The van der Waals surface area contributed by atoms with Crippen LogP contribution in [0.15, 0.2) is 42.9 Å². The summed E-state index contributed by atoms with van der Waals surface area (Å²) in [6.07, 6.45) is 5.09. The standard InChI is InChI=1S/C17H17ClFN5O/c1-11-7-20-24(8-11)12(2)17(25)21-16-15(18)10-23(22-16)9-13-3-5-14(19)6-4-13/h3-8,10,12H,9H2,1-2H3,(H,21,22,25). The first-order valence-corrected chi connectivity index (χ1v) is 8.09. The minimum atomic E-state index is -0.494. The second-order valence-electron chi connectivity index (χ2n) is 5.81. The number of aromatic nitrogens is 4. The molecule has 1 N–H and O–H groups in total. The Morgan fingerprint density at radius 2 is 2.04 bits per heavy atom. The lowest BCUT2D eigenvalue weighted by molar-refractivity contribution is -0.119. The lowest BCUT2D eigenvalue weighted by Gasteiger charge is -2.11. The average Bonchev–Trinajstić information content (AvgIpc) is 3.15. The highest BCUT2D eigenvalue weighted by Crippen LogP contribution is 2.21. The maximum atomic E-state index is 13.0. The highest BCUT2D eigenvalue weighted by Gasteiger charge is 2.18. The summed E-state index contributed by atoms with van der Waals surface area (Å²) in [5.41, 5.74) is 1.85. The van der Waals surface area contributed by atoms with Crippen molar-refractivity contribution in [3.8, 4) is 0 Å². The first-order chi connectivity index (χ1) is 11.9. The van der Waals surface area contributed by atoms with Crippen molar-refractivity contribution in [1.82, 2.24) is 19.6 Å². The largest absolute Gasteiger partial charge is 0.306 e. The minimum absolute atomic E-state index is 0.267. The monoisotopic (exact) mass is 361 g/mol. The van der Waals surface area contributed by atoms with Gasteiger partial charge in [0.1, 0.15) is 16.9 Å². The Hall–Kier alpha value is -2.67.